The van der Waals surface area contributed by atoms with Crippen LogP contribution < -0.4 is 0 Å². The van der Waals surface area contributed by atoms with Crippen molar-refractivity contribution in [2.24, 2.45) is 5.92 Å². The molecular weight excluding hydrogens is 208 g/mol. The minimum Gasteiger partial charge on any atom is -0.175 e. The molecule has 0 unspecified atom stereocenters. The molecule has 0 saturated carbocycles. The summed E-state index contributed by atoms with van der Waals surface area (Å²) in [5, 5.41) is 0. The highest BCUT2D eigenvalue weighted by Gasteiger charge is 2.04. The van der Waals surface area contributed by atoms with Gasteiger partial charge in [-0.3, -0.25) is 0 Å². The zero-order valence-electron chi connectivity index (χ0n) is 9.08. The van der Waals surface area contributed by atoms with Crippen LogP contribution in [-0.2, 0) is 6.42 Å². The van der Waals surface area contributed by atoms with Crippen molar-refractivity contribution in [2.45, 2.75) is 27.2 Å². The molecule has 0 spiro atoms. The average Bonchev–Trinajstić information content (AvgIpc) is 2.54. The third kappa shape index (κ3) is 3.18. The first-order valence-electron chi connectivity index (χ1n) is 5.02. The van der Waals surface area contributed by atoms with E-state index in [2.05, 4.69) is 51.6 Å². The van der Waals surface area contributed by atoms with E-state index in [4.69, 9.17) is 0 Å². The van der Waals surface area contributed by atoms with Crippen molar-refractivity contribution in [3.8, 4) is 0 Å². The molecular formula is C12H18S2. The van der Waals surface area contributed by atoms with Crippen LogP contribution in [0.2, 0.25) is 0 Å². The van der Waals surface area contributed by atoms with Crippen molar-refractivity contribution < 1.29 is 0 Å². The topological polar surface area (TPSA) is 0 Å². The second-order valence-corrected chi connectivity index (χ2v) is 5.32. The number of rotatable bonds is 4. The number of thiol groups is 1. The van der Waals surface area contributed by atoms with Crippen molar-refractivity contribution in [1.29, 1.82) is 0 Å². The van der Waals surface area contributed by atoms with Crippen LogP contribution in [0.5, 0.6) is 0 Å². The highest BCUT2D eigenvalue weighted by Crippen LogP contribution is 2.26. The molecule has 2 heteroatoms. The molecule has 0 bridgehead atoms. The molecule has 0 nitrogen and oxygen atoms in total. The lowest BCUT2D eigenvalue weighted by molar-refractivity contribution is 0.654. The first kappa shape index (κ1) is 11.9. The Morgan fingerprint density at radius 1 is 1.50 bits per heavy atom. The Morgan fingerprint density at radius 2 is 2.21 bits per heavy atom. The Kier molecular flexibility index (Phi) is 4.76. The summed E-state index contributed by atoms with van der Waals surface area (Å²) >= 11 is 6.23. The molecule has 0 aromatic carbocycles. The Morgan fingerprint density at radius 3 is 2.71 bits per heavy atom. The molecule has 0 amide bonds. The summed E-state index contributed by atoms with van der Waals surface area (Å²) in [6.45, 7) is 6.59. The Balaban J connectivity index is 2.77. The van der Waals surface area contributed by atoms with Crippen molar-refractivity contribution in [3.05, 3.63) is 28.0 Å². The fourth-order valence-corrected chi connectivity index (χ4v) is 3.13. The minimum absolute atomic E-state index is 0.742. The average molecular weight is 226 g/mol. The van der Waals surface area contributed by atoms with E-state index in [1.165, 1.54) is 21.7 Å². The van der Waals surface area contributed by atoms with E-state index in [-0.39, 0.29) is 0 Å². The molecule has 0 aliphatic rings. The lowest BCUT2D eigenvalue weighted by Gasteiger charge is -2.01. The first-order chi connectivity index (χ1) is 6.67. The van der Waals surface area contributed by atoms with Crippen LogP contribution in [-0.4, -0.2) is 5.75 Å². The lowest BCUT2D eigenvalue weighted by atomic mass is 10.1. The molecule has 1 aromatic heterocycles. The van der Waals surface area contributed by atoms with E-state index in [0.717, 1.165) is 11.7 Å². The first-order valence-corrected chi connectivity index (χ1v) is 6.47. The number of allylic oxidation sites excluding steroid dienone is 1. The van der Waals surface area contributed by atoms with Gasteiger partial charge in [0.1, 0.15) is 0 Å². The van der Waals surface area contributed by atoms with E-state index < -0.39 is 0 Å². The van der Waals surface area contributed by atoms with Crippen LogP contribution in [0.3, 0.4) is 0 Å². The van der Waals surface area contributed by atoms with Gasteiger partial charge < -0.3 is 0 Å². The highest BCUT2D eigenvalue weighted by atomic mass is 32.1. The molecule has 0 N–H and O–H groups in total. The van der Waals surface area contributed by atoms with Gasteiger partial charge in [0.15, 0.2) is 0 Å². The second-order valence-electron chi connectivity index (χ2n) is 3.84. The Labute approximate surface area is 96.5 Å². The quantitative estimate of drug-likeness (QED) is 0.728. The van der Waals surface area contributed by atoms with Gasteiger partial charge in [-0.05, 0) is 37.0 Å². The number of hydrogen-bond donors (Lipinski definition) is 1. The monoisotopic (exact) mass is 226 g/mol. The van der Waals surface area contributed by atoms with E-state index >= 15 is 0 Å². The molecule has 1 aromatic rings. The zero-order chi connectivity index (χ0) is 10.6. The van der Waals surface area contributed by atoms with Gasteiger partial charge in [-0.25, -0.2) is 0 Å². The summed E-state index contributed by atoms with van der Waals surface area (Å²) < 4.78 is 0. The molecule has 78 valence electrons. The Hall–Kier alpha value is -0.210. The third-order valence-electron chi connectivity index (χ3n) is 2.11. The van der Waals surface area contributed by atoms with E-state index in [0.29, 0.717) is 0 Å². The predicted molar refractivity (Wildman–Crippen MR) is 70.4 cm³/mol. The summed E-state index contributed by atoms with van der Waals surface area (Å²) in [7, 11) is 0. The van der Waals surface area contributed by atoms with Gasteiger partial charge in [0.05, 0.1) is 0 Å². The molecule has 1 rings (SSSR count). The number of hydrogen-bond acceptors (Lipinski definition) is 2. The van der Waals surface area contributed by atoms with Gasteiger partial charge in [0.25, 0.3) is 0 Å². The fraction of sp³-hybridized carbons (Fsp3) is 0.500. The zero-order valence-corrected chi connectivity index (χ0v) is 10.8. The molecule has 0 fully saturated rings. The van der Waals surface area contributed by atoms with Gasteiger partial charge >= 0.3 is 0 Å². The summed E-state index contributed by atoms with van der Waals surface area (Å²) in [6, 6.07) is 4.46. The van der Waals surface area contributed by atoms with E-state index in [9.17, 15) is 0 Å². The maximum absolute atomic E-state index is 4.32. The molecule has 0 radical (unpaired) electrons. The van der Waals surface area contributed by atoms with Gasteiger partial charge in [0.2, 0.25) is 0 Å². The van der Waals surface area contributed by atoms with Gasteiger partial charge in [-0.15, -0.1) is 11.3 Å². The largest absolute Gasteiger partial charge is 0.175 e. The summed E-state index contributed by atoms with van der Waals surface area (Å²) in [4.78, 5) is 2.86. The van der Waals surface area contributed by atoms with Gasteiger partial charge in [0, 0.05) is 15.5 Å². The second kappa shape index (κ2) is 5.62. The van der Waals surface area contributed by atoms with Gasteiger partial charge in [-0.2, -0.15) is 12.6 Å². The molecule has 0 aliphatic heterocycles. The van der Waals surface area contributed by atoms with Crippen molar-refractivity contribution in [3.63, 3.8) is 0 Å². The molecule has 14 heavy (non-hydrogen) atoms. The maximum atomic E-state index is 4.32. The van der Waals surface area contributed by atoms with Crippen LogP contribution >= 0.6 is 24.0 Å². The predicted octanol–water partition coefficient (Wildman–Crippen LogP) is 4.28. The van der Waals surface area contributed by atoms with E-state index in [1.807, 2.05) is 11.3 Å². The molecule has 1 heterocycles. The minimum atomic E-state index is 0.742. The number of thiophene rings is 1. The van der Waals surface area contributed by atoms with E-state index in [1.54, 1.807) is 0 Å². The summed E-state index contributed by atoms with van der Waals surface area (Å²) in [5.74, 6) is 1.57. The fourth-order valence-electron chi connectivity index (χ4n) is 1.37. The molecule has 0 saturated heterocycles. The van der Waals surface area contributed by atoms with Crippen LogP contribution in [0, 0.1) is 5.92 Å². The van der Waals surface area contributed by atoms with Crippen molar-refractivity contribution in [1.82, 2.24) is 0 Å². The van der Waals surface area contributed by atoms with Crippen LogP contribution in [0.25, 0.3) is 5.57 Å². The maximum Gasteiger partial charge on any atom is 0.0310 e. The molecule has 0 atom stereocenters. The third-order valence-corrected chi connectivity index (χ3v) is 3.63. The Bertz CT molecular complexity index is 308. The molecule has 0 aliphatic carbocycles. The van der Waals surface area contributed by atoms with Crippen LogP contribution in [0.4, 0.5) is 0 Å². The van der Waals surface area contributed by atoms with Crippen molar-refractivity contribution >= 4 is 29.5 Å². The van der Waals surface area contributed by atoms with Crippen LogP contribution in [0.15, 0.2) is 18.2 Å². The van der Waals surface area contributed by atoms with Gasteiger partial charge in [-0.1, -0.05) is 19.9 Å². The van der Waals surface area contributed by atoms with Crippen LogP contribution in [0.1, 0.15) is 30.5 Å². The standard InChI is InChI=1S/C12H18S2/c1-4-10(8-13)12-6-5-11(14-12)7-9(2)3/h4-6,9,13H,7-8H2,1-3H3/b10-4-. The lowest BCUT2D eigenvalue weighted by Crippen LogP contribution is -1.89. The smallest absolute Gasteiger partial charge is 0.0310 e. The normalized spacial score (nSPS) is 12.5. The summed E-state index contributed by atoms with van der Waals surface area (Å²) in [5.41, 5.74) is 1.34. The summed E-state index contributed by atoms with van der Waals surface area (Å²) in [6.07, 6.45) is 3.34. The SMILES string of the molecule is C/C=C(/CS)c1ccc(CC(C)C)s1. The van der Waals surface area contributed by atoms with Crippen molar-refractivity contribution in [2.75, 3.05) is 5.75 Å². The highest BCUT2D eigenvalue weighted by molar-refractivity contribution is 7.80.